The Balaban J connectivity index is 1.41. The van der Waals surface area contributed by atoms with Gasteiger partial charge in [0.2, 0.25) is 5.91 Å². The normalized spacial score (nSPS) is 14.9. The van der Waals surface area contributed by atoms with Gasteiger partial charge < -0.3 is 15.0 Å². The molecular formula is C25H33N3O3. The highest BCUT2D eigenvalue weighted by Gasteiger charge is 2.14. The van der Waals surface area contributed by atoms with Gasteiger partial charge in [-0.2, -0.15) is 0 Å². The molecule has 166 valence electrons. The van der Waals surface area contributed by atoms with Crippen molar-refractivity contribution in [3.63, 3.8) is 0 Å². The molecule has 0 aliphatic carbocycles. The van der Waals surface area contributed by atoms with E-state index >= 15 is 0 Å². The van der Waals surface area contributed by atoms with Gasteiger partial charge in [0.15, 0.2) is 5.78 Å². The van der Waals surface area contributed by atoms with Crippen molar-refractivity contribution in [3.05, 3.63) is 65.2 Å². The fourth-order valence-electron chi connectivity index (χ4n) is 3.67. The monoisotopic (exact) mass is 423 g/mol. The summed E-state index contributed by atoms with van der Waals surface area (Å²) in [5.41, 5.74) is 2.95. The molecule has 1 aliphatic rings. The maximum absolute atomic E-state index is 12.3. The number of likely N-dealkylation sites (N-methyl/N-ethyl adjacent to an activating group) is 1. The molecule has 1 heterocycles. The van der Waals surface area contributed by atoms with E-state index < -0.39 is 0 Å². The summed E-state index contributed by atoms with van der Waals surface area (Å²) in [4.78, 5) is 29.4. The van der Waals surface area contributed by atoms with Crippen LogP contribution in [-0.2, 0) is 17.9 Å². The molecule has 31 heavy (non-hydrogen) atoms. The molecule has 1 aliphatic heterocycles. The van der Waals surface area contributed by atoms with Crippen molar-refractivity contribution < 1.29 is 14.3 Å². The van der Waals surface area contributed by atoms with Crippen LogP contribution in [0, 0.1) is 0 Å². The maximum Gasteiger partial charge on any atom is 0.220 e. The smallest absolute Gasteiger partial charge is 0.220 e. The molecule has 6 heteroatoms. The third kappa shape index (κ3) is 7.49. The van der Waals surface area contributed by atoms with Gasteiger partial charge in [-0.15, -0.1) is 0 Å². The van der Waals surface area contributed by atoms with Gasteiger partial charge in [-0.3, -0.25) is 14.5 Å². The molecule has 0 bridgehead atoms. The van der Waals surface area contributed by atoms with Crippen molar-refractivity contribution in [2.45, 2.75) is 32.9 Å². The molecule has 0 unspecified atom stereocenters. The minimum absolute atomic E-state index is 0.0348. The molecule has 0 saturated carbocycles. The number of hydrogen-bond donors (Lipinski definition) is 1. The first-order chi connectivity index (χ1) is 15.0. The van der Waals surface area contributed by atoms with Gasteiger partial charge in [-0.25, -0.2) is 0 Å². The van der Waals surface area contributed by atoms with Crippen molar-refractivity contribution in [2.24, 2.45) is 0 Å². The zero-order valence-electron chi connectivity index (χ0n) is 18.6. The van der Waals surface area contributed by atoms with Gasteiger partial charge in [0.25, 0.3) is 0 Å². The molecule has 1 saturated heterocycles. The third-order valence-electron chi connectivity index (χ3n) is 5.55. The molecular weight excluding hydrogens is 390 g/mol. The van der Waals surface area contributed by atoms with Crippen LogP contribution in [0.15, 0.2) is 48.5 Å². The van der Waals surface area contributed by atoms with Gasteiger partial charge in [-0.05, 0) is 49.4 Å². The Kier molecular flexibility index (Phi) is 8.62. The lowest BCUT2D eigenvalue weighted by molar-refractivity contribution is -0.121. The Morgan fingerprint density at radius 2 is 1.68 bits per heavy atom. The predicted octanol–water partition coefficient (Wildman–Crippen LogP) is 3.11. The summed E-state index contributed by atoms with van der Waals surface area (Å²) in [6, 6.07) is 15.4. The van der Waals surface area contributed by atoms with Crippen LogP contribution >= 0.6 is 0 Å². The summed E-state index contributed by atoms with van der Waals surface area (Å²) in [7, 11) is 2.16. The molecule has 2 aromatic rings. The van der Waals surface area contributed by atoms with Crippen LogP contribution in [0.4, 0.5) is 0 Å². The van der Waals surface area contributed by atoms with Crippen LogP contribution in [0.2, 0.25) is 0 Å². The summed E-state index contributed by atoms with van der Waals surface area (Å²) in [5.74, 6) is 0.600. The molecule has 2 aromatic carbocycles. The number of nitrogens with one attached hydrogen (secondary N) is 1. The predicted molar refractivity (Wildman–Crippen MR) is 122 cm³/mol. The summed E-state index contributed by atoms with van der Waals surface area (Å²) in [6.07, 6.45) is 0.385. The van der Waals surface area contributed by atoms with E-state index in [0.717, 1.165) is 44.0 Å². The number of amides is 1. The van der Waals surface area contributed by atoms with Crippen molar-refractivity contribution in [3.8, 4) is 5.75 Å². The van der Waals surface area contributed by atoms with Crippen LogP contribution in [0.5, 0.6) is 5.75 Å². The van der Waals surface area contributed by atoms with Crippen LogP contribution in [0.25, 0.3) is 0 Å². The summed E-state index contributed by atoms with van der Waals surface area (Å²) in [6.45, 7) is 8.29. The van der Waals surface area contributed by atoms with Crippen molar-refractivity contribution in [1.82, 2.24) is 15.1 Å². The quantitative estimate of drug-likeness (QED) is 0.595. The van der Waals surface area contributed by atoms with E-state index in [4.69, 9.17) is 4.74 Å². The van der Waals surface area contributed by atoms with Gasteiger partial charge in [-0.1, -0.05) is 24.3 Å². The van der Waals surface area contributed by atoms with Crippen molar-refractivity contribution >= 4 is 11.7 Å². The van der Waals surface area contributed by atoms with E-state index in [9.17, 15) is 9.59 Å². The number of benzene rings is 2. The van der Waals surface area contributed by atoms with Crippen LogP contribution in [-0.4, -0.2) is 61.3 Å². The number of carbonyl (C=O) groups is 2. The van der Waals surface area contributed by atoms with Gasteiger partial charge in [0, 0.05) is 57.7 Å². The maximum atomic E-state index is 12.3. The fraction of sp³-hybridized carbons (Fsp3) is 0.440. The van der Waals surface area contributed by atoms with Gasteiger partial charge >= 0.3 is 0 Å². The SMILES string of the molecule is CCOc1ccc(C(=O)CCC(=O)NCc2cccc(CN3CCN(C)CC3)c2)cc1. The molecule has 0 aromatic heterocycles. The first-order valence-corrected chi connectivity index (χ1v) is 11.0. The number of ether oxygens (including phenoxy) is 1. The Morgan fingerprint density at radius 3 is 2.39 bits per heavy atom. The first-order valence-electron chi connectivity index (χ1n) is 11.0. The number of hydrogen-bond acceptors (Lipinski definition) is 5. The highest BCUT2D eigenvalue weighted by molar-refractivity contribution is 5.98. The Hall–Kier alpha value is -2.70. The molecule has 3 rings (SSSR count). The van der Waals surface area contributed by atoms with E-state index in [-0.39, 0.29) is 24.5 Å². The molecule has 1 fully saturated rings. The second-order valence-corrected chi connectivity index (χ2v) is 8.06. The zero-order valence-corrected chi connectivity index (χ0v) is 18.6. The number of ketones is 1. The summed E-state index contributed by atoms with van der Waals surface area (Å²) < 4.78 is 5.39. The van der Waals surface area contributed by atoms with E-state index in [1.165, 1.54) is 5.56 Å². The van der Waals surface area contributed by atoms with E-state index in [0.29, 0.717) is 18.7 Å². The molecule has 0 atom stereocenters. The van der Waals surface area contributed by atoms with Crippen LogP contribution < -0.4 is 10.1 Å². The number of carbonyl (C=O) groups excluding carboxylic acids is 2. The van der Waals surface area contributed by atoms with Crippen LogP contribution in [0.1, 0.15) is 41.3 Å². The highest BCUT2D eigenvalue weighted by Crippen LogP contribution is 2.14. The second kappa shape index (κ2) is 11.6. The summed E-state index contributed by atoms with van der Waals surface area (Å²) >= 11 is 0. The van der Waals surface area contributed by atoms with Gasteiger partial charge in [0.1, 0.15) is 5.75 Å². The molecule has 1 amide bonds. The van der Waals surface area contributed by atoms with Crippen LogP contribution in [0.3, 0.4) is 0 Å². The fourth-order valence-corrected chi connectivity index (χ4v) is 3.67. The number of piperazine rings is 1. The van der Waals surface area contributed by atoms with Gasteiger partial charge in [0.05, 0.1) is 6.61 Å². The van der Waals surface area contributed by atoms with E-state index in [1.807, 2.05) is 19.1 Å². The zero-order chi connectivity index (χ0) is 22.1. The van der Waals surface area contributed by atoms with Crippen molar-refractivity contribution in [2.75, 3.05) is 39.8 Å². The Bertz CT molecular complexity index is 859. The molecule has 1 N–H and O–H groups in total. The number of Topliss-reactive ketones (excluding diaryl/α,β-unsaturated/α-hetero) is 1. The minimum atomic E-state index is -0.108. The molecule has 0 radical (unpaired) electrons. The third-order valence-corrected chi connectivity index (χ3v) is 5.55. The standard InChI is InChI=1S/C25H33N3O3/c1-3-31-23-9-7-22(8-10-23)24(29)11-12-25(30)26-18-20-5-4-6-21(17-20)19-28-15-13-27(2)14-16-28/h4-10,17H,3,11-16,18-19H2,1-2H3,(H,26,30). The minimum Gasteiger partial charge on any atom is -0.494 e. The second-order valence-electron chi connectivity index (χ2n) is 8.06. The first kappa shape index (κ1) is 23.0. The molecule has 6 nitrogen and oxygen atoms in total. The average molecular weight is 424 g/mol. The summed E-state index contributed by atoms with van der Waals surface area (Å²) in [5, 5.41) is 2.94. The number of rotatable bonds is 10. The topological polar surface area (TPSA) is 61.9 Å². The Morgan fingerprint density at radius 1 is 0.968 bits per heavy atom. The van der Waals surface area contributed by atoms with Crippen molar-refractivity contribution in [1.29, 1.82) is 0 Å². The lowest BCUT2D eigenvalue weighted by Crippen LogP contribution is -2.43. The average Bonchev–Trinajstić information content (AvgIpc) is 2.78. The Labute approximate surface area is 185 Å². The number of nitrogens with zero attached hydrogens (tertiary/aromatic N) is 2. The lowest BCUT2D eigenvalue weighted by atomic mass is 10.1. The highest BCUT2D eigenvalue weighted by atomic mass is 16.5. The lowest BCUT2D eigenvalue weighted by Gasteiger charge is -2.32. The largest absolute Gasteiger partial charge is 0.494 e. The molecule has 0 spiro atoms. The van der Waals surface area contributed by atoms with E-state index in [1.54, 1.807) is 24.3 Å². The van der Waals surface area contributed by atoms with E-state index in [2.05, 4.69) is 34.3 Å².